The van der Waals surface area contributed by atoms with Gasteiger partial charge in [0, 0.05) is 12.0 Å². The molecule has 0 radical (unpaired) electrons. The lowest BCUT2D eigenvalue weighted by Crippen LogP contribution is -2.43. The number of hydrogen-bond acceptors (Lipinski definition) is 2. The lowest BCUT2D eigenvalue weighted by molar-refractivity contribution is -0.142. The zero-order valence-electron chi connectivity index (χ0n) is 15.5. The maximum Gasteiger partial charge on any atom is 0.436 e. The number of halogens is 4. The Kier molecular flexibility index (Phi) is 4.84. The van der Waals surface area contributed by atoms with E-state index in [9.17, 15) is 18.0 Å². The molecule has 0 spiro atoms. The van der Waals surface area contributed by atoms with Gasteiger partial charge < -0.3 is 5.32 Å². The van der Waals surface area contributed by atoms with Crippen molar-refractivity contribution in [2.24, 2.45) is 17.8 Å². The van der Waals surface area contributed by atoms with Crippen molar-refractivity contribution in [3.8, 4) is 0 Å². The Labute approximate surface area is 165 Å². The summed E-state index contributed by atoms with van der Waals surface area (Å²) in [5, 5.41) is 6.85. The Balaban J connectivity index is 1.52. The first kappa shape index (κ1) is 19.3. The highest BCUT2D eigenvalue weighted by Gasteiger charge is 2.44. The van der Waals surface area contributed by atoms with Crippen LogP contribution in [0.3, 0.4) is 0 Å². The average molecular weight is 448 g/mol. The molecule has 8 heteroatoms. The maximum atomic E-state index is 13.3. The van der Waals surface area contributed by atoms with Crippen molar-refractivity contribution in [2.75, 3.05) is 0 Å². The van der Waals surface area contributed by atoms with Crippen molar-refractivity contribution in [3.05, 3.63) is 15.9 Å². The molecule has 3 fully saturated rings. The molecule has 1 N–H and O–H groups in total. The van der Waals surface area contributed by atoms with Crippen LogP contribution in [0.15, 0.2) is 4.47 Å². The van der Waals surface area contributed by atoms with E-state index in [1.165, 1.54) is 23.9 Å². The van der Waals surface area contributed by atoms with Gasteiger partial charge >= 0.3 is 6.18 Å². The average Bonchev–Trinajstić information content (AvgIpc) is 3.04. The first-order valence-corrected chi connectivity index (χ1v) is 10.6. The predicted octanol–water partition coefficient (Wildman–Crippen LogP) is 5.04. The number of rotatable bonds is 5. The van der Waals surface area contributed by atoms with Crippen molar-refractivity contribution >= 4 is 21.8 Å². The van der Waals surface area contributed by atoms with Crippen LogP contribution >= 0.6 is 15.9 Å². The van der Waals surface area contributed by atoms with Crippen LogP contribution in [-0.4, -0.2) is 21.7 Å². The predicted molar refractivity (Wildman–Crippen MR) is 98.2 cm³/mol. The van der Waals surface area contributed by atoms with Crippen LogP contribution in [0.5, 0.6) is 0 Å². The molecule has 1 amide bonds. The SMILES string of the molecule is CC(NC(=O)C(C)n1nc(C(F)(F)F)c(Br)c1C1CC1)C1CC2CCC1C2. The number of fused-ring (bicyclic) bond motifs is 2. The van der Waals surface area contributed by atoms with Crippen LogP contribution in [0.4, 0.5) is 13.2 Å². The number of aromatic nitrogens is 2. The highest BCUT2D eigenvalue weighted by molar-refractivity contribution is 9.10. The summed E-state index contributed by atoms with van der Waals surface area (Å²) in [7, 11) is 0. The summed E-state index contributed by atoms with van der Waals surface area (Å²) in [6.07, 6.45) is 2.06. The number of nitrogens with zero attached hydrogens (tertiary/aromatic N) is 2. The molecule has 3 aliphatic carbocycles. The van der Waals surface area contributed by atoms with Crippen LogP contribution in [0.25, 0.3) is 0 Å². The van der Waals surface area contributed by atoms with Crippen LogP contribution in [-0.2, 0) is 11.0 Å². The zero-order chi connectivity index (χ0) is 19.5. The van der Waals surface area contributed by atoms with Crippen molar-refractivity contribution in [1.82, 2.24) is 15.1 Å². The third kappa shape index (κ3) is 3.54. The molecule has 3 aliphatic rings. The van der Waals surface area contributed by atoms with Gasteiger partial charge in [-0.2, -0.15) is 18.3 Å². The van der Waals surface area contributed by atoms with Gasteiger partial charge in [0.2, 0.25) is 5.91 Å². The van der Waals surface area contributed by atoms with Crippen molar-refractivity contribution < 1.29 is 18.0 Å². The quantitative estimate of drug-likeness (QED) is 0.686. The summed E-state index contributed by atoms with van der Waals surface area (Å²) in [6.45, 7) is 3.66. The number of alkyl halides is 3. The Bertz CT molecular complexity index is 743. The molecule has 4 rings (SSSR count). The molecule has 5 atom stereocenters. The summed E-state index contributed by atoms with van der Waals surface area (Å²) in [6, 6.07) is -0.727. The van der Waals surface area contributed by atoms with Crippen molar-refractivity contribution in [3.63, 3.8) is 0 Å². The number of amides is 1. The second kappa shape index (κ2) is 6.78. The van der Waals surface area contributed by atoms with Gasteiger partial charge in [-0.25, -0.2) is 0 Å². The first-order chi connectivity index (χ1) is 12.7. The molecule has 1 heterocycles. The fraction of sp³-hybridized carbons (Fsp3) is 0.789. The van der Waals surface area contributed by atoms with Gasteiger partial charge in [0.1, 0.15) is 6.04 Å². The minimum absolute atomic E-state index is 0.0155. The minimum atomic E-state index is -4.54. The largest absolute Gasteiger partial charge is 0.436 e. The molecule has 0 aliphatic heterocycles. The molecular weight excluding hydrogens is 423 g/mol. The van der Waals surface area contributed by atoms with Gasteiger partial charge in [0.05, 0.1) is 10.2 Å². The molecule has 150 valence electrons. The van der Waals surface area contributed by atoms with Crippen molar-refractivity contribution in [1.29, 1.82) is 0 Å². The maximum absolute atomic E-state index is 13.3. The standard InChI is InChI=1S/C19H25BrF3N3O/c1-9(14-8-11-3-4-13(14)7-11)24-18(27)10(2)26-16(12-5-6-12)15(20)17(25-26)19(21,22)23/h9-14H,3-8H2,1-2H3,(H,24,27). The first-order valence-electron chi connectivity index (χ1n) is 9.82. The van der Waals surface area contributed by atoms with E-state index >= 15 is 0 Å². The summed E-state index contributed by atoms with van der Waals surface area (Å²) < 4.78 is 41.1. The Hall–Kier alpha value is -1.05. The lowest BCUT2D eigenvalue weighted by atomic mass is 9.84. The fourth-order valence-electron chi connectivity index (χ4n) is 5.10. The molecule has 1 aromatic rings. The molecule has 3 saturated carbocycles. The van der Waals surface area contributed by atoms with Gasteiger partial charge in [-0.1, -0.05) is 6.42 Å². The van der Waals surface area contributed by atoms with Gasteiger partial charge in [0.15, 0.2) is 5.69 Å². The molecule has 0 aromatic carbocycles. The molecule has 0 saturated heterocycles. The monoisotopic (exact) mass is 447 g/mol. The minimum Gasteiger partial charge on any atom is -0.352 e. The van der Waals surface area contributed by atoms with E-state index in [1.54, 1.807) is 6.92 Å². The van der Waals surface area contributed by atoms with E-state index in [4.69, 9.17) is 0 Å². The molecule has 5 unspecified atom stereocenters. The molecular formula is C19H25BrF3N3O. The number of hydrogen-bond donors (Lipinski definition) is 1. The van der Waals surface area contributed by atoms with E-state index in [2.05, 4.69) is 26.3 Å². The zero-order valence-corrected chi connectivity index (χ0v) is 17.1. The number of nitrogens with one attached hydrogen (secondary N) is 1. The van der Waals surface area contributed by atoms with E-state index in [1.807, 2.05) is 6.92 Å². The van der Waals surface area contributed by atoms with E-state index in [0.29, 0.717) is 17.5 Å². The summed E-state index contributed by atoms with van der Waals surface area (Å²) in [5.74, 6) is 1.74. The molecule has 27 heavy (non-hydrogen) atoms. The van der Waals surface area contributed by atoms with Gasteiger partial charge in [-0.3, -0.25) is 9.48 Å². The van der Waals surface area contributed by atoms with Crippen LogP contribution in [0.2, 0.25) is 0 Å². The summed E-state index contributed by atoms with van der Waals surface area (Å²) in [5.41, 5.74) is -0.442. The molecule has 1 aromatic heterocycles. The third-order valence-corrected chi connectivity index (χ3v) is 7.45. The van der Waals surface area contributed by atoms with Crippen LogP contribution in [0, 0.1) is 17.8 Å². The van der Waals surface area contributed by atoms with Gasteiger partial charge in [0.25, 0.3) is 0 Å². The van der Waals surface area contributed by atoms with Crippen molar-refractivity contribution in [2.45, 2.75) is 76.6 Å². The number of carbonyl (C=O) groups excluding carboxylic acids is 1. The third-order valence-electron chi connectivity index (χ3n) is 6.67. The smallest absolute Gasteiger partial charge is 0.352 e. The van der Waals surface area contributed by atoms with E-state index < -0.39 is 17.9 Å². The summed E-state index contributed by atoms with van der Waals surface area (Å²) >= 11 is 3.09. The normalized spacial score (nSPS) is 29.8. The van der Waals surface area contributed by atoms with E-state index in [-0.39, 0.29) is 22.3 Å². The summed E-state index contributed by atoms with van der Waals surface area (Å²) in [4.78, 5) is 12.8. The lowest BCUT2D eigenvalue weighted by Gasteiger charge is -2.29. The van der Waals surface area contributed by atoms with E-state index in [0.717, 1.165) is 25.2 Å². The fourth-order valence-corrected chi connectivity index (χ4v) is 5.91. The Morgan fingerprint density at radius 2 is 1.93 bits per heavy atom. The van der Waals surface area contributed by atoms with Crippen LogP contribution in [0.1, 0.15) is 75.7 Å². The second-order valence-corrected chi connectivity index (χ2v) is 9.37. The van der Waals surface area contributed by atoms with Gasteiger partial charge in [-0.05, 0) is 79.6 Å². The Morgan fingerprint density at radius 3 is 2.44 bits per heavy atom. The molecule has 4 nitrogen and oxygen atoms in total. The second-order valence-electron chi connectivity index (χ2n) is 8.58. The topological polar surface area (TPSA) is 46.9 Å². The molecule has 2 bridgehead atoms. The highest BCUT2D eigenvalue weighted by atomic mass is 79.9. The van der Waals surface area contributed by atoms with Gasteiger partial charge in [-0.15, -0.1) is 0 Å². The Morgan fingerprint density at radius 1 is 1.22 bits per heavy atom. The van der Waals surface area contributed by atoms with Crippen LogP contribution < -0.4 is 5.32 Å². The number of carbonyl (C=O) groups is 1. The highest BCUT2D eigenvalue weighted by Crippen LogP contribution is 2.50.